The largest absolute Gasteiger partial charge is 0.507 e. The predicted octanol–water partition coefficient (Wildman–Crippen LogP) is 5.88. The van der Waals surface area contributed by atoms with Crippen LogP contribution in [0.3, 0.4) is 0 Å². The normalized spacial score (nSPS) is 11.7. The molecule has 0 aliphatic rings. The maximum Gasteiger partial charge on any atom is 0.231 e. The van der Waals surface area contributed by atoms with Crippen molar-refractivity contribution in [3.8, 4) is 17.2 Å². The van der Waals surface area contributed by atoms with Crippen LogP contribution in [-0.2, 0) is 0 Å². The molecular formula is C20H13NO2S. The second kappa shape index (κ2) is 4.82. The molecule has 24 heavy (non-hydrogen) atoms. The molecule has 0 unspecified atom stereocenters. The molecule has 0 aliphatic heterocycles. The standard InChI is InChI=1S/C20H13NO2S/c1-11-6-7-15-17(8-11)23-20(21-15)14-10-19-13(9-16(14)22)12-4-2-3-5-18(12)24-19/h2-10,22H,1H3. The lowest BCUT2D eigenvalue weighted by Gasteiger charge is -2.01. The Morgan fingerprint density at radius 2 is 1.83 bits per heavy atom. The molecule has 3 nitrogen and oxygen atoms in total. The van der Waals surface area contributed by atoms with E-state index in [1.54, 1.807) is 11.3 Å². The number of thiophene rings is 1. The summed E-state index contributed by atoms with van der Waals surface area (Å²) in [4.78, 5) is 4.52. The summed E-state index contributed by atoms with van der Waals surface area (Å²) in [5.74, 6) is 0.641. The fraction of sp³-hybridized carbons (Fsp3) is 0.0500. The number of fused-ring (bicyclic) bond motifs is 4. The highest BCUT2D eigenvalue weighted by molar-refractivity contribution is 7.25. The number of aromatic hydroxyl groups is 1. The Hall–Kier alpha value is -2.85. The second-order valence-electron chi connectivity index (χ2n) is 5.95. The highest BCUT2D eigenvalue weighted by Gasteiger charge is 2.15. The van der Waals surface area contributed by atoms with E-state index in [9.17, 15) is 5.11 Å². The van der Waals surface area contributed by atoms with Gasteiger partial charge in [0.05, 0.1) is 5.56 Å². The summed E-state index contributed by atoms with van der Waals surface area (Å²) in [7, 11) is 0. The molecule has 0 atom stereocenters. The molecule has 0 aliphatic carbocycles. The Kier molecular flexibility index (Phi) is 2.73. The van der Waals surface area contributed by atoms with Gasteiger partial charge in [-0.15, -0.1) is 11.3 Å². The van der Waals surface area contributed by atoms with Crippen molar-refractivity contribution in [1.82, 2.24) is 4.98 Å². The lowest BCUT2D eigenvalue weighted by Crippen LogP contribution is -1.79. The summed E-state index contributed by atoms with van der Waals surface area (Å²) in [6, 6.07) is 17.9. The SMILES string of the molecule is Cc1ccc2nc(-c3cc4sc5ccccc5c4cc3O)oc2c1. The van der Waals surface area contributed by atoms with Crippen LogP contribution in [0.25, 0.3) is 42.7 Å². The fourth-order valence-corrected chi connectivity index (χ4v) is 4.21. The van der Waals surface area contributed by atoms with Gasteiger partial charge < -0.3 is 9.52 Å². The molecular weight excluding hydrogens is 318 g/mol. The predicted molar refractivity (Wildman–Crippen MR) is 98.7 cm³/mol. The van der Waals surface area contributed by atoms with Crippen molar-refractivity contribution in [2.75, 3.05) is 0 Å². The van der Waals surface area contributed by atoms with Crippen molar-refractivity contribution >= 4 is 42.6 Å². The number of oxazole rings is 1. The number of phenols is 1. The number of benzene rings is 3. The maximum absolute atomic E-state index is 10.5. The Morgan fingerprint density at radius 3 is 2.75 bits per heavy atom. The molecule has 0 fully saturated rings. The van der Waals surface area contributed by atoms with Crippen LogP contribution in [-0.4, -0.2) is 10.1 Å². The second-order valence-corrected chi connectivity index (χ2v) is 7.04. The zero-order valence-corrected chi connectivity index (χ0v) is 13.7. The van der Waals surface area contributed by atoms with Gasteiger partial charge in [-0.05, 0) is 42.8 Å². The van der Waals surface area contributed by atoms with Gasteiger partial charge in [0.1, 0.15) is 11.3 Å². The van der Waals surface area contributed by atoms with E-state index >= 15 is 0 Å². The van der Waals surface area contributed by atoms with Crippen LogP contribution in [0.15, 0.2) is 59.0 Å². The van der Waals surface area contributed by atoms with Crippen LogP contribution in [0.5, 0.6) is 5.75 Å². The Balaban J connectivity index is 1.78. The average molecular weight is 331 g/mol. The molecule has 116 valence electrons. The maximum atomic E-state index is 10.5. The number of rotatable bonds is 1. The van der Waals surface area contributed by atoms with Crippen molar-refractivity contribution in [3.63, 3.8) is 0 Å². The molecule has 2 heterocycles. The Morgan fingerprint density at radius 1 is 0.958 bits per heavy atom. The van der Waals surface area contributed by atoms with E-state index in [1.165, 1.54) is 4.70 Å². The molecule has 4 heteroatoms. The summed E-state index contributed by atoms with van der Waals surface area (Å²) in [5, 5.41) is 12.7. The van der Waals surface area contributed by atoms with Gasteiger partial charge in [-0.25, -0.2) is 4.98 Å². The number of nitrogens with zero attached hydrogens (tertiary/aromatic N) is 1. The van der Waals surface area contributed by atoms with Crippen molar-refractivity contribution in [2.45, 2.75) is 6.92 Å². The first kappa shape index (κ1) is 13.6. The average Bonchev–Trinajstić information content (AvgIpc) is 3.14. The van der Waals surface area contributed by atoms with Gasteiger partial charge in [0.15, 0.2) is 5.58 Å². The van der Waals surface area contributed by atoms with E-state index in [0.29, 0.717) is 11.5 Å². The monoisotopic (exact) mass is 331 g/mol. The van der Waals surface area contributed by atoms with E-state index in [-0.39, 0.29) is 5.75 Å². The van der Waals surface area contributed by atoms with E-state index in [1.807, 2.05) is 49.4 Å². The highest BCUT2D eigenvalue weighted by Crippen LogP contribution is 2.41. The van der Waals surface area contributed by atoms with Crippen LogP contribution in [0.4, 0.5) is 0 Å². The zero-order valence-electron chi connectivity index (χ0n) is 12.9. The number of phenolic OH excluding ortho intramolecular Hbond substituents is 1. The van der Waals surface area contributed by atoms with Crippen molar-refractivity contribution in [3.05, 3.63) is 60.2 Å². The molecule has 0 saturated carbocycles. The van der Waals surface area contributed by atoms with Gasteiger partial charge in [0.2, 0.25) is 5.89 Å². The minimum Gasteiger partial charge on any atom is -0.507 e. The molecule has 3 aromatic carbocycles. The van der Waals surface area contributed by atoms with E-state index in [4.69, 9.17) is 4.42 Å². The van der Waals surface area contributed by atoms with E-state index in [0.717, 1.165) is 32.1 Å². The first-order valence-electron chi connectivity index (χ1n) is 7.71. The highest BCUT2D eigenvalue weighted by atomic mass is 32.1. The smallest absolute Gasteiger partial charge is 0.231 e. The lowest BCUT2D eigenvalue weighted by molar-refractivity contribution is 0.475. The Labute approximate surface area is 141 Å². The van der Waals surface area contributed by atoms with Gasteiger partial charge >= 0.3 is 0 Å². The van der Waals surface area contributed by atoms with E-state index in [2.05, 4.69) is 17.1 Å². The minimum absolute atomic E-state index is 0.189. The molecule has 0 bridgehead atoms. The fourth-order valence-electron chi connectivity index (χ4n) is 3.08. The molecule has 2 aromatic heterocycles. The van der Waals surface area contributed by atoms with E-state index < -0.39 is 0 Å². The van der Waals surface area contributed by atoms with Gasteiger partial charge in [0.25, 0.3) is 0 Å². The van der Waals surface area contributed by atoms with Gasteiger partial charge in [-0.3, -0.25) is 0 Å². The number of aromatic nitrogens is 1. The third-order valence-electron chi connectivity index (χ3n) is 4.27. The van der Waals surface area contributed by atoms with Gasteiger partial charge in [-0.1, -0.05) is 24.3 Å². The first-order chi connectivity index (χ1) is 11.7. The third-order valence-corrected chi connectivity index (χ3v) is 5.40. The third kappa shape index (κ3) is 1.93. The van der Waals surface area contributed by atoms with Crippen molar-refractivity contribution in [2.24, 2.45) is 0 Å². The molecule has 0 amide bonds. The van der Waals surface area contributed by atoms with Crippen molar-refractivity contribution in [1.29, 1.82) is 0 Å². The van der Waals surface area contributed by atoms with Crippen LogP contribution >= 0.6 is 11.3 Å². The van der Waals surface area contributed by atoms with Crippen molar-refractivity contribution < 1.29 is 9.52 Å². The van der Waals surface area contributed by atoms with Crippen LogP contribution in [0.1, 0.15) is 5.56 Å². The molecule has 0 radical (unpaired) electrons. The molecule has 0 saturated heterocycles. The number of hydrogen-bond acceptors (Lipinski definition) is 4. The summed E-state index contributed by atoms with van der Waals surface area (Å²) in [6.45, 7) is 2.02. The van der Waals surface area contributed by atoms with Crippen LogP contribution < -0.4 is 0 Å². The summed E-state index contributed by atoms with van der Waals surface area (Å²) in [5.41, 5.74) is 3.28. The van der Waals surface area contributed by atoms with Gasteiger partial charge in [-0.2, -0.15) is 0 Å². The first-order valence-corrected chi connectivity index (χ1v) is 8.52. The van der Waals surface area contributed by atoms with Gasteiger partial charge in [0, 0.05) is 20.2 Å². The molecule has 5 aromatic rings. The quantitative estimate of drug-likeness (QED) is 0.417. The minimum atomic E-state index is 0.189. The molecule has 0 spiro atoms. The summed E-state index contributed by atoms with van der Waals surface area (Å²) >= 11 is 1.71. The lowest BCUT2D eigenvalue weighted by atomic mass is 10.1. The summed E-state index contributed by atoms with van der Waals surface area (Å²) < 4.78 is 8.19. The topological polar surface area (TPSA) is 46.3 Å². The molecule has 5 rings (SSSR count). The number of hydrogen-bond donors (Lipinski definition) is 1. The summed E-state index contributed by atoms with van der Waals surface area (Å²) in [6.07, 6.45) is 0. The number of aryl methyl sites for hydroxylation is 1. The van der Waals surface area contributed by atoms with Crippen LogP contribution in [0, 0.1) is 6.92 Å². The Bertz CT molecular complexity index is 1230. The van der Waals surface area contributed by atoms with Crippen LogP contribution in [0.2, 0.25) is 0 Å². The zero-order chi connectivity index (χ0) is 16.3. The molecule has 1 N–H and O–H groups in total.